The van der Waals surface area contributed by atoms with Gasteiger partial charge in [-0.1, -0.05) is 13.3 Å². The number of aliphatic hydroxyl groups is 1. The van der Waals surface area contributed by atoms with Gasteiger partial charge in [0.25, 0.3) is 0 Å². The van der Waals surface area contributed by atoms with Crippen molar-refractivity contribution < 1.29 is 9.90 Å². The molecule has 0 spiro atoms. The van der Waals surface area contributed by atoms with Crippen molar-refractivity contribution in [1.82, 2.24) is 10.2 Å². The number of amides is 1. The predicted octanol–water partition coefficient (Wildman–Crippen LogP) is 0.749. The summed E-state index contributed by atoms with van der Waals surface area (Å²) < 4.78 is 0. The Morgan fingerprint density at radius 1 is 1.56 bits per heavy atom. The van der Waals surface area contributed by atoms with E-state index in [1.165, 1.54) is 0 Å². The van der Waals surface area contributed by atoms with Crippen LogP contribution in [0.5, 0.6) is 0 Å². The van der Waals surface area contributed by atoms with Gasteiger partial charge in [-0.2, -0.15) is 0 Å². The highest BCUT2D eigenvalue weighted by molar-refractivity contribution is 5.77. The Kier molecular flexibility index (Phi) is 5.22. The Labute approximate surface area is 98.0 Å². The maximum absolute atomic E-state index is 11.6. The van der Waals surface area contributed by atoms with Gasteiger partial charge in [0.1, 0.15) is 0 Å². The zero-order valence-corrected chi connectivity index (χ0v) is 10.5. The molecule has 0 aliphatic carbocycles. The number of rotatable bonds is 5. The van der Waals surface area contributed by atoms with Gasteiger partial charge in [-0.05, 0) is 32.7 Å². The molecule has 2 N–H and O–H groups in total. The molecular formula is C12H24N2O2. The first-order chi connectivity index (χ1) is 7.53. The van der Waals surface area contributed by atoms with Crippen LogP contribution in [0.4, 0.5) is 0 Å². The Balaban J connectivity index is 2.23. The summed E-state index contributed by atoms with van der Waals surface area (Å²) in [6, 6.07) is 0. The van der Waals surface area contributed by atoms with Gasteiger partial charge in [0.05, 0.1) is 12.1 Å². The number of carbonyl (C=O) groups is 1. The first-order valence-electron chi connectivity index (χ1n) is 6.25. The van der Waals surface area contributed by atoms with Gasteiger partial charge in [-0.15, -0.1) is 0 Å². The van der Waals surface area contributed by atoms with Crippen molar-refractivity contribution in [3.8, 4) is 0 Å². The number of piperidine rings is 1. The highest BCUT2D eigenvalue weighted by Gasteiger charge is 2.28. The third kappa shape index (κ3) is 4.94. The molecule has 1 amide bonds. The lowest BCUT2D eigenvalue weighted by Gasteiger charge is -2.36. The molecule has 94 valence electrons. The quantitative estimate of drug-likeness (QED) is 0.683. The normalized spacial score (nSPS) is 26.7. The van der Waals surface area contributed by atoms with Crippen molar-refractivity contribution in [3.63, 3.8) is 0 Å². The lowest BCUT2D eigenvalue weighted by molar-refractivity contribution is -0.123. The van der Waals surface area contributed by atoms with Gasteiger partial charge < -0.3 is 10.4 Å². The number of carbonyl (C=O) groups excluding carboxylic acids is 1. The van der Waals surface area contributed by atoms with E-state index in [0.29, 0.717) is 13.1 Å². The van der Waals surface area contributed by atoms with Gasteiger partial charge in [0.2, 0.25) is 5.91 Å². The molecule has 0 bridgehead atoms. The summed E-state index contributed by atoms with van der Waals surface area (Å²) in [4.78, 5) is 13.6. The van der Waals surface area contributed by atoms with Crippen LogP contribution in [0.1, 0.15) is 39.5 Å². The maximum Gasteiger partial charge on any atom is 0.234 e. The van der Waals surface area contributed by atoms with Gasteiger partial charge in [-0.3, -0.25) is 9.69 Å². The molecule has 1 heterocycles. The molecule has 0 radical (unpaired) electrons. The number of hydrogen-bond acceptors (Lipinski definition) is 3. The van der Waals surface area contributed by atoms with Gasteiger partial charge >= 0.3 is 0 Å². The number of likely N-dealkylation sites (tertiary alicyclic amines) is 1. The molecule has 0 saturated carbocycles. The number of β-amino-alcohol motifs (C(OH)–C–C–N with tert-alkyl or cyclic N) is 1. The summed E-state index contributed by atoms with van der Waals surface area (Å²) in [5, 5.41) is 12.8. The lowest BCUT2D eigenvalue weighted by Crippen LogP contribution is -2.49. The second kappa shape index (κ2) is 6.21. The van der Waals surface area contributed by atoms with E-state index >= 15 is 0 Å². The van der Waals surface area contributed by atoms with Crippen LogP contribution in [-0.4, -0.2) is 47.7 Å². The number of unbranched alkanes of at least 4 members (excludes halogenated alkanes) is 1. The summed E-state index contributed by atoms with van der Waals surface area (Å²) in [5.41, 5.74) is -0.623. The first kappa shape index (κ1) is 13.5. The topological polar surface area (TPSA) is 52.6 Å². The second-order valence-corrected chi connectivity index (χ2v) is 5.01. The van der Waals surface area contributed by atoms with Crippen LogP contribution in [0.2, 0.25) is 0 Å². The van der Waals surface area contributed by atoms with E-state index in [2.05, 4.69) is 12.2 Å². The molecule has 4 nitrogen and oxygen atoms in total. The molecule has 0 aromatic heterocycles. The van der Waals surface area contributed by atoms with Crippen molar-refractivity contribution in [2.75, 3.05) is 26.2 Å². The molecule has 0 aromatic rings. The largest absolute Gasteiger partial charge is 0.389 e. The molecular weight excluding hydrogens is 204 g/mol. The van der Waals surface area contributed by atoms with Crippen molar-refractivity contribution in [2.24, 2.45) is 0 Å². The minimum Gasteiger partial charge on any atom is -0.389 e. The number of nitrogens with one attached hydrogen (secondary N) is 1. The molecule has 16 heavy (non-hydrogen) atoms. The van der Waals surface area contributed by atoms with Crippen molar-refractivity contribution in [1.29, 1.82) is 0 Å². The van der Waals surface area contributed by atoms with Gasteiger partial charge in [-0.25, -0.2) is 0 Å². The third-order valence-corrected chi connectivity index (χ3v) is 2.97. The van der Waals surface area contributed by atoms with E-state index in [1.807, 2.05) is 11.8 Å². The van der Waals surface area contributed by atoms with Gasteiger partial charge in [0.15, 0.2) is 0 Å². The molecule has 1 atom stereocenters. The van der Waals surface area contributed by atoms with E-state index in [4.69, 9.17) is 0 Å². The van der Waals surface area contributed by atoms with E-state index < -0.39 is 5.60 Å². The summed E-state index contributed by atoms with van der Waals surface area (Å²) in [5.74, 6) is 0.0751. The van der Waals surface area contributed by atoms with Crippen molar-refractivity contribution in [2.45, 2.75) is 45.1 Å². The summed E-state index contributed by atoms with van der Waals surface area (Å²) in [6.07, 6.45) is 3.93. The van der Waals surface area contributed by atoms with E-state index in [0.717, 1.165) is 38.8 Å². The molecule has 1 rings (SSSR count). The Hall–Kier alpha value is -0.610. The summed E-state index contributed by atoms with van der Waals surface area (Å²) in [6.45, 7) is 6.65. The predicted molar refractivity (Wildman–Crippen MR) is 64.2 cm³/mol. The first-order valence-corrected chi connectivity index (χ1v) is 6.25. The molecule has 1 aliphatic heterocycles. The summed E-state index contributed by atoms with van der Waals surface area (Å²) in [7, 11) is 0. The Bertz CT molecular complexity index is 229. The highest BCUT2D eigenvalue weighted by Crippen LogP contribution is 2.19. The van der Waals surface area contributed by atoms with Crippen LogP contribution < -0.4 is 5.32 Å². The molecule has 1 saturated heterocycles. The average molecular weight is 228 g/mol. The van der Waals surface area contributed by atoms with Crippen LogP contribution in [-0.2, 0) is 4.79 Å². The molecule has 1 unspecified atom stereocenters. The molecule has 1 fully saturated rings. The SMILES string of the molecule is CCCCNC(=O)CN1CCCC(C)(O)C1. The standard InChI is InChI=1S/C12H24N2O2/c1-3-4-7-13-11(15)9-14-8-5-6-12(2,16)10-14/h16H,3-10H2,1-2H3,(H,13,15). The van der Waals surface area contributed by atoms with Crippen LogP contribution in [0.3, 0.4) is 0 Å². The fraction of sp³-hybridized carbons (Fsp3) is 0.917. The second-order valence-electron chi connectivity index (χ2n) is 5.01. The van der Waals surface area contributed by atoms with Crippen molar-refractivity contribution in [3.05, 3.63) is 0 Å². The van der Waals surface area contributed by atoms with E-state index in [9.17, 15) is 9.90 Å². The third-order valence-electron chi connectivity index (χ3n) is 2.97. The van der Waals surface area contributed by atoms with Crippen LogP contribution >= 0.6 is 0 Å². The minimum absolute atomic E-state index is 0.0751. The minimum atomic E-state index is -0.623. The molecule has 0 aromatic carbocycles. The molecule has 1 aliphatic rings. The summed E-state index contributed by atoms with van der Waals surface area (Å²) >= 11 is 0. The Morgan fingerprint density at radius 2 is 2.31 bits per heavy atom. The van der Waals surface area contributed by atoms with E-state index in [-0.39, 0.29) is 5.91 Å². The fourth-order valence-electron chi connectivity index (χ4n) is 2.12. The maximum atomic E-state index is 11.6. The van der Waals surface area contributed by atoms with Crippen LogP contribution in [0.25, 0.3) is 0 Å². The lowest BCUT2D eigenvalue weighted by atomic mass is 9.95. The molecule has 4 heteroatoms. The number of hydrogen-bond donors (Lipinski definition) is 2. The zero-order valence-electron chi connectivity index (χ0n) is 10.5. The fourth-order valence-corrected chi connectivity index (χ4v) is 2.12. The van der Waals surface area contributed by atoms with Crippen LogP contribution in [0, 0.1) is 0 Å². The van der Waals surface area contributed by atoms with Crippen LogP contribution in [0.15, 0.2) is 0 Å². The smallest absolute Gasteiger partial charge is 0.234 e. The highest BCUT2D eigenvalue weighted by atomic mass is 16.3. The van der Waals surface area contributed by atoms with E-state index in [1.54, 1.807) is 0 Å². The monoisotopic (exact) mass is 228 g/mol. The van der Waals surface area contributed by atoms with Gasteiger partial charge in [0, 0.05) is 13.1 Å². The zero-order chi connectivity index (χ0) is 12.0. The van der Waals surface area contributed by atoms with Crippen molar-refractivity contribution >= 4 is 5.91 Å². The Morgan fingerprint density at radius 3 is 2.94 bits per heavy atom. The average Bonchev–Trinajstić information content (AvgIpc) is 2.16. The number of nitrogens with zero attached hydrogens (tertiary/aromatic N) is 1.